The lowest BCUT2D eigenvalue weighted by molar-refractivity contribution is -0.141. The van der Waals surface area contributed by atoms with Crippen molar-refractivity contribution in [2.45, 2.75) is 12.7 Å². The van der Waals surface area contributed by atoms with Crippen molar-refractivity contribution in [3.63, 3.8) is 0 Å². The van der Waals surface area contributed by atoms with E-state index < -0.39 is 28.6 Å². The molecule has 0 unspecified atom stereocenters. The predicted molar refractivity (Wildman–Crippen MR) is 104 cm³/mol. The Morgan fingerprint density at radius 3 is 2.62 bits per heavy atom. The Morgan fingerprint density at radius 2 is 2.00 bits per heavy atom. The van der Waals surface area contributed by atoms with Crippen LogP contribution in [0.3, 0.4) is 0 Å². The highest BCUT2D eigenvalue weighted by molar-refractivity contribution is 7.85. The number of nitrogens with zero attached hydrogens (tertiary/aromatic N) is 3. The first-order chi connectivity index (χ1) is 13.7. The Kier molecular flexibility index (Phi) is 6.58. The summed E-state index contributed by atoms with van der Waals surface area (Å²) < 4.78 is 50.0. The van der Waals surface area contributed by atoms with Crippen molar-refractivity contribution in [2.24, 2.45) is 0 Å². The number of benzene rings is 1. The van der Waals surface area contributed by atoms with E-state index in [1.807, 2.05) is 5.10 Å². The zero-order valence-electron chi connectivity index (χ0n) is 15.6. The Hall–Kier alpha value is -2.40. The van der Waals surface area contributed by atoms with Gasteiger partial charge in [0.1, 0.15) is 5.69 Å². The van der Waals surface area contributed by atoms with Crippen molar-refractivity contribution in [3.05, 3.63) is 47.3 Å². The summed E-state index contributed by atoms with van der Waals surface area (Å²) in [5, 5.41) is 5.43. The Balaban J connectivity index is 1.74. The number of amides is 1. The first kappa shape index (κ1) is 21.3. The van der Waals surface area contributed by atoms with Crippen LogP contribution in [0.25, 0.3) is 0 Å². The number of hydrogen-bond donors (Lipinski definition) is 2. The molecule has 0 spiro atoms. The fourth-order valence-corrected chi connectivity index (χ4v) is 4.19. The second kappa shape index (κ2) is 8.95. The van der Waals surface area contributed by atoms with Gasteiger partial charge in [0.25, 0.3) is 5.91 Å². The number of H-pyrrole nitrogens is 1. The molecule has 0 saturated carbocycles. The van der Waals surface area contributed by atoms with Crippen LogP contribution in [0.2, 0.25) is 0 Å². The molecule has 29 heavy (non-hydrogen) atoms. The number of aromatic amines is 1. The molecule has 1 saturated heterocycles. The molecule has 11 heteroatoms. The lowest BCUT2D eigenvalue weighted by atomic mass is 10.2. The Bertz CT molecular complexity index is 876. The monoisotopic (exact) mass is 429 g/mol. The van der Waals surface area contributed by atoms with E-state index in [0.29, 0.717) is 43.4 Å². The van der Waals surface area contributed by atoms with Crippen LogP contribution in [0.4, 0.5) is 18.9 Å². The van der Waals surface area contributed by atoms with E-state index in [0.717, 1.165) is 11.6 Å². The van der Waals surface area contributed by atoms with Gasteiger partial charge in [-0.05, 0) is 17.7 Å². The highest BCUT2D eigenvalue weighted by Gasteiger charge is 2.34. The number of hydrogen-bond acceptors (Lipinski definition) is 5. The highest BCUT2D eigenvalue weighted by Crippen LogP contribution is 2.28. The molecular weight excluding hydrogens is 407 g/mol. The summed E-state index contributed by atoms with van der Waals surface area (Å²) in [6, 6.07) is 7.71. The standard InChI is InChI=1S/C18H22F3N5O2S/c19-18(20,21)16-11-15(23-24-16)17(27)26(12-13-2-1-3-14(22)10-13)5-4-25-6-8-29(28)9-7-25/h1-3,10-11H,4-9,12,22H2,(H,23,24). The minimum atomic E-state index is -4.60. The molecule has 1 amide bonds. The van der Waals surface area contributed by atoms with E-state index in [1.165, 1.54) is 4.90 Å². The topological polar surface area (TPSA) is 95.3 Å². The quantitative estimate of drug-likeness (QED) is 0.682. The van der Waals surface area contributed by atoms with Gasteiger partial charge in [0.2, 0.25) is 0 Å². The van der Waals surface area contributed by atoms with Crippen LogP contribution in [-0.2, 0) is 23.5 Å². The summed E-state index contributed by atoms with van der Waals surface area (Å²) in [5.41, 5.74) is 5.74. The summed E-state index contributed by atoms with van der Waals surface area (Å²) in [6.45, 7) is 2.34. The third-order valence-corrected chi connectivity index (χ3v) is 5.95. The first-order valence-electron chi connectivity index (χ1n) is 9.06. The third-order valence-electron chi connectivity index (χ3n) is 4.67. The number of halogens is 3. The molecule has 2 aromatic rings. The summed E-state index contributed by atoms with van der Waals surface area (Å²) in [6.07, 6.45) is -4.60. The molecule has 3 rings (SSSR count). The maximum Gasteiger partial charge on any atom is 0.432 e. The number of nitrogens with two attached hydrogens (primary N) is 1. The van der Waals surface area contributed by atoms with Crippen molar-refractivity contribution >= 4 is 22.4 Å². The van der Waals surface area contributed by atoms with Crippen LogP contribution in [0.15, 0.2) is 30.3 Å². The number of aromatic nitrogens is 2. The van der Waals surface area contributed by atoms with Crippen molar-refractivity contribution in [1.82, 2.24) is 20.0 Å². The number of anilines is 1. The lowest BCUT2D eigenvalue weighted by Crippen LogP contribution is -2.43. The van der Waals surface area contributed by atoms with Crippen molar-refractivity contribution in [2.75, 3.05) is 43.4 Å². The minimum absolute atomic E-state index is 0.192. The molecule has 1 aromatic heterocycles. The SMILES string of the molecule is Nc1cccc(CN(CCN2CCS(=O)CC2)C(=O)c2cc(C(F)(F)F)[nH]n2)c1. The molecule has 3 N–H and O–H groups in total. The maximum absolute atomic E-state index is 12.9. The highest BCUT2D eigenvalue weighted by atomic mass is 32.2. The van der Waals surface area contributed by atoms with E-state index in [2.05, 4.69) is 10.00 Å². The number of rotatable bonds is 6. The van der Waals surface area contributed by atoms with Crippen LogP contribution in [-0.4, -0.2) is 67.8 Å². The molecule has 1 aliphatic rings. The number of nitrogens with one attached hydrogen (secondary N) is 1. The molecule has 1 aliphatic heterocycles. The molecule has 158 valence electrons. The fourth-order valence-electron chi connectivity index (χ4n) is 3.06. The van der Waals surface area contributed by atoms with E-state index in [1.54, 1.807) is 24.3 Å². The van der Waals surface area contributed by atoms with Crippen LogP contribution < -0.4 is 5.73 Å². The molecule has 0 radical (unpaired) electrons. The van der Waals surface area contributed by atoms with Gasteiger partial charge in [-0.25, -0.2) is 0 Å². The van der Waals surface area contributed by atoms with E-state index >= 15 is 0 Å². The van der Waals surface area contributed by atoms with Gasteiger partial charge >= 0.3 is 6.18 Å². The number of alkyl halides is 3. The zero-order valence-corrected chi connectivity index (χ0v) is 16.4. The van der Waals surface area contributed by atoms with Crippen LogP contribution >= 0.6 is 0 Å². The van der Waals surface area contributed by atoms with Gasteiger partial charge in [-0.1, -0.05) is 12.1 Å². The molecule has 1 fully saturated rings. The van der Waals surface area contributed by atoms with Crippen LogP contribution in [0.5, 0.6) is 0 Å². The molecule has 0 bridgehead atoms. The normalized spacial score (nSPS) is 16.1. The predicted octanol–water partition coefficient (Wildman–Crippen LogP) is 1.72. The van der Waals surface area contributed by atoms with Gasteiger partial charge < -0.3 is 10.6 Å². The molecular formula is C18H22F3N5O2S. The van der Waals surface area contributed by atoms with Gasteiger partial charge in [-0.3, -0.25) is 19.0 Å². The number of carbonyl (C=O) groups excluding carboxylic acids is 1. The minimum Gasteiger partial charge on any atom is -0.399 e. The fraction of sp³-hybridized carbons (Fsp3) is 0.444. The van der Waals surface area contributed by atoms with Crippen molar-refractivity contribution in [3.8, 4) is 0 Å². The Labute approximate surface area is 168 Å². The summed E-state index contributed by atoms with van der Waals surface area (Å²) >= 11 is 0. The third kappa shape index (κ3) is 5.80. The van der Waals surface area contributed by atoms with E-state index in [9.17, 15) is 22.2 Å². The van der Waals surface area contributed by atoms with Gasteiger partial charge in [0, 0.05) is 66.8 Å². The zero-order chi connectivity index (χ0) is 21.0. The number of nitrogen functional groups attached to an aromatic ring is 1. The van der Waals surface area contributed by atoms with Crippen molar-refractivity contribution in [1.29, 1.82) is 0 Å². The van der Waals surface area contributed by atoms with Gasteiger partial charge in [0.15, 0.2) is 5.69 Å². The second-order valence-electron chi connectivity index (χ2n) is 6.83. The summed E-state index contributed by atoms with van der Waals surface area (Å²) in [5.74, 6) is 0.564. The summed E-state index contributed by atoms with van der Waals surface area (Å²) in [7, 11) is -0.810. The average Bonchev–Trinajstić information content (AvgIpc) is 3.16. The maximum atomic E-state index is 12.9. The average molecular weight is 429 g/mol. The van der Waals surface area contributed by atoms with Crippen molar-refractivity contribution < 1.29 is 22.2 Å². The first-order valence-corrected chi connectivity index (χ1v) is 10.5. The number of carbonyl (C=O) groups is 1. The van der Waals surface area contributed by atoms with Crippen LogP contribution in [0.1, 0.15) is 21.7 Å². The van der Waals surface area contributed by atoms with Gasteiger partial charge in [-0.2, -0.15) is 18.3 Å². The smallest absolute Gasteiger partial charge is 0.399 e. The second-order valence-corrected chi connectivity index (χ2v) is 8.52. The largest absolute Gasteiger partial charge is 0.432 e. The molecule has 0 atom stereocenters. The van der Waals surface area contributed by atoms with Crippen LogP contribution in [0, 0.1) is 0 Å². The van der Waals surface area contributed by atoms with E-state index in [-0.39, 0.29) is 12.2 Å². The molecule has 7 nitrogen and oxygen atoms in total. The summed E-state index contributed by atoms with van der Waals surface area (Å²) in [4.78, 5) is 16.4. The molecule has 0 aliphatic carbocycles. The Morgan fingerprint density at radius 1 is 1.28 bits per heavy atom. The van der Waals surface area contributed by atoms with Gasteiger partial charge in [0.05, 0.1) is 0 Å². The van der Waals surface area contributed by atoms with Gasteiger partial charge in [-0.15, -0.1) is 0 Å². The lowest BCUT2D eigenvalue weighted by Gasteiger charge is -2.29. The van der Waals surface area contributed by atoms with E-state index in [4.69, 9.17) is 5.73 Å². The molecule has 2 heterocycles. The molecule has 1 aromatic carbocycles.